The lowest BCUT2D eigenvalue weighted by molar-refractivity contribution is -0.0498. The van der Waals surface area contributed by atoms with Crippen LogP contribution in [-0.4, -0.2) is 94.1 Å². The number of aryl methyl sites for hydroxylation is 1. The zero-order valence-electron chi connectivity index (χ0n) is 24.2. The molecule has 2 aromatic carbocycles. The van der Waals surface area contributed by atoms with Gasteiger partial charge in [0.05, 0.1) is 11.9 Å². The molecule has 4 aromatic rings. The van der Waals surface area contributed by atoms with Gasteiger partial charge in [-0.1, -0.05) is 6.07 Å². The number of imidazole rings is 1. The molecule has 43 heavy (non-hydrogen) atoms. The number of piperazine rings is 1. The van der Waals surface area contributed by atoms with Crippen LogP contribution in [0.4, 0.5) is 25.1 Å². The Kier molecular flexibility index (Phi) is 8.66. The predicted octanol–water partition coefficient (Wildman–Crippen LogP) is 4.58. The van der Waals surface area contributed by atoms with Gasteiger partial charge in [-0.05, 0) is 74.0 Å². The summed E-state index contributed by atoms with van der Waals surface area (Å²) in [6.45, 7) is 7.14. The number of alkyl halides is 2. The van der Waals surface area contributed by atoms with Gasteiger partial charge in [-0.15, -0.1) is 0 Å². The number of aromatic nitrogens is 3. The number of nitrogens with one attached hydrogen (secondary N) is 2. The first kappa shape index (κ1) is 28.8. The summed E-state index contributed by atoms with van der Waals surface area (Å²) in [5.74, 6) is 0.714. The summed E-state index contributed by atoms with van der Waals surface area (Å²) >= 11 is 0. The van der Waals surface area contributed by atoms with Crippen LogP contribution in [0.15, 0.2) is 61.1 Å². The van der Waals surface area contributed by atoms with E-state index >= 15 is 0 Å². The molecule has 0 unspecified atom stereocenters. The first-order chi connectivity index (χ1) is 20.9. The highest BCUT2D eigenvalue weighted by Crippen LogP contribution is 2.28. The van der Waals surface area contributed by atoms with Crippen LogP contribution < -0.4 is 15.4 Å². The monoisotopic (exact) mass is 590 g/mol. The quantitative estimate of drug-likeness (QED) is 0.280. The zero-order chi connectivity index (χ0) is 29.8. The average Bonchev–Trinajstić information content (AvgIpc) is 3.41. The smallest absolute Gasteiger partial charge is 0.387 e. The van der Waals surface area contributed by atoms with E-state index in [9.17, 15) is 13.6 Å². The van der Waals surface area contributed by atoms with Crippen LogP contribution in [-0.2, 0) is 6.54 Å². The molecular formula is C31H36F2N8O2. The molecule has 2 N–H and O–H groups in total. The van der Waals surface area contributed by atoms with Crippen molar-refractivity contribution in [1.29, 1.82) is 0 Å². The molecule has 2 fully saturated rings. The summed E-state index contributed by atoms with van der Waals surface area (Å²) in [6, 6.07) is 12.8. The highest BCUT2D eigenvalue weighted by atomic mass is 19.3. The fourth-order valence-corrected chi connectivity index (χ4v) is 5.50. The van der Waals surface area contributed by atoms with Gasteiger partial charge in [0.1, 0.15) is 5.75 Å². The minimum absolute atomic E-state index is 0.0392. The summed E-state index contributed by atoms with van der Waals surface area (Å²) in [4.78, 5) is 28.3. The highest BCUT2D eigenvalue weighted by molar-refractivity contribution is 5.75. The third-order valence-corrected chi connectivity index (χ3v) is 8.11. The number of fused-ring (bicyclic) bond motifs is 1. The fourth-order valence-electron chi connectivity index (χ4n) is 5.50. The van der Waals surface area contributed by atoms with Crippen molar-refractivity contribution in [3.63, 3.8) is 0 Å². The molecule has 2 aliphatic rings. The minimum atomic E-state index is -2.86. The van der Waals surface area contributed by atoms with E-state index in [0.29, 0.717) is 18.0 Å². The number of hydrogen-bond acceptors (Lipinski definition) is 7. The second-order valence-corrected chi connectivity index (χ2v) is 11.0. The number of carbonyl (C=O) groups excluding carboxylic acids is 1. The number of benzene rings is 2. The van der Waals surface area contributed by atoms with Crippen molar-refractivity contribution in [3.05, 3.63) is 72.2 Å². The van der Waals surface area contributed by atoms with Crippen LogP contribution >= 0.6 is 0 Å². The Morgan fingerprint density at radius 1 is 1.00 bits per heavy atom. The number of urea groups is 1. The van der Waals surface area contributed by atoms with Crippen LogP contribution in [0.25, 0.3) is 16.9 Å². The number of rotatable bonds is 10. The van der Waals surface area contributed by atoms with Gasteiger partial charge in [-0.25, -0.2) is 14.8 Å². The third-order valence-electron chi connectivity index (χ3n) is 8.11. The summed E-state index contributed by atoms with van der Waals surface area (Å²) in [5.41, 5.74) is 5.58. The number of hydrogen-bond donors (Lipinski definition) is 2. The molecule has 2 amide bonds. The number of carbonyl (C=O) groups is 1. The minimum Gasteiger partial charge on any atom is -0.435 e. The Bertz CT molecular complexity index is 1550. The topological polar surface area (TPSA) is 90.3 Å². The van der Waals surface area contributed by atoms with Crippen molar-refractivity contribution in [2.75, 3.05) is 57.7 Å². The second kappa shape index (κ2) is 12.9. The van der Waals surface area contributed by atoms with Gasteiger partial charge in [0, 0.05) is 69.5 Å². The second-order valence-electron chi connectivity index (χ2n) is 11.0. The maximum atomic E-state index is 12.5. The number of halogens is 2. The molecule has 0 atom stereocenters. The Balaban J connectivity index is 1.05. The van der Waals surface area contributed by atoms with Gasteiger partial charge in [0.25, 0.3) is 0 Å². The lowest BCUT2D eigenvalue weighted by Gasteiger charge is -2.35. The van der Waals surface area contributed by atoms with Crippen molar-refractivity contribution in [1.82, 2.24) is 34.4 Å². The van der Waals surface area contributed by atoms with Gasteiger partial charge in [-0.2, -0.15) is 8.78 Å². The van der Waals surface area contributed by atoms with Crippen LogP contribution in [0.1, 0.15) is 17.5 Å². The van der Waals surface area contributed by atoms with Crippen molar-refractivity contribution in [3.8, 4) is 17.0 Å². The molecular weight excluding hydrogens is 554 g/mol. The molecule has 10 nitrogen and oxygen atoms in total. The van der Waals surface area contributed by atoms with Crippen LogP contribution in [0.3, 0.4) is 0 Å². The van der Waals surface area contributed by atoms with E-state index in [0.717, 1.165) is 69.3 Å². The Labute approximate surface area is 249 Å². The van der Waals surface area contributed by atoms with Crippen LogP contribution in [0.5, 0.6) is 5.75 Å². The number of likely N-dealkylation sites (tertiary alicyclic amines) is 1. The first-order valence-electron chi connectivity index (χ1n) is 14.6. The number of amides is 2. The van der Waals surface area contributed by atoms with Gasteiger partial charge < -0.3 is 25.2 Å². The summed E-state index contributed by atoms with van der Waals surface area (Å²) in [6.07, 6.45) is 6.51. The molecule has 2 saturated heterocycles. The largest absolute Gasteiger partial charge is 0.435 e. The van der Waals surface area contributed by atoms with E-state index < -0.39 is 6.61 Å². The van der Waals surface area contributed by atoms with E-state index in [2.05, 4.69) is 54.2 Å². The maximum Gasteiger partial charge on any atom is 0.387 e. The molecule has 0 aliphatic carbocycles. The van der Waals surface area contributed by atoms with Crippen molar-refractivity contribution in [2.45, 2.75) is 26.5 Å². The van der Waals surface area contributed by atoms with E-state index in [1.165, 1.54) is 29.7 Å². The molecule has 226 valence electrons. The fraction of sp³-hybridized carbons (Fsp3) is 0.387. The third kappa shape index (κ3) is 6.86. The molecule has 4 heterocycles. The highest BCUT2D eigenvalue weighted by Gasteiger charge is 2.22. The first-order valence-corrected chi connectivity index (χ1v) is 14.6. The normalized spacial score (nSPS) is 16.0. The predicted molar refractivity (Wildman–Crippen MR) is 161 cm³/mol. The number of ether oxygens (including phenoxy) is 1. The van der Waals surface area contributed by atoms with E-state index in [1.54, 1.807) is 24.5 Å². The van der Waals surface area contributed by atoms with Gasteiger partial charge in [0.2, 0.25) is 0 Å². The number of anilines is 2. The Morgan fingerprint density at radius 3 is 2.49 bits per heavy atom. The van der Waals surface area contributed by atoms with Crippen LogP contribution in [0.2, 0.25) is 0 Å². The lowest BCUT2D eigenvalue weighted by Crippen LogP contribution is -2.52. The standard InChI is InChI=1S/C31H36F2N8O2/c1-22-19-25(6-3-24(22)21-39-15-17-40(18-16-39)31(42)35-9-13-38-11-2-12-38)37-28-29-36-20-27(41(29)14-10-34-28)23-4-7-26(8-5-23)43-30(32)33/h3-8,10,14,19-20,30H,2,9,11-13,15-18,21H2,1H3,(H,34,37)(H,35,42). The van der Waals surface area contributed by atoms with Crippen molar-refractivity contribution >= 4 is 23.2 Å². The Hall–Kier alpha value is -4.29. The molecule has 0 saturated carbocycles. The Morgan fingerprint density at radius 2 is 1.79 bits per heavy atom. The SMILES string of the molecule is Cc1cc(Nc2nccn3c(-c4ccc(OC(F)F)cc4)cnc23)ccc1CN1CCN(C(=O)NCCN2CCC2)CC1. The molecule has 2 aromatic heterocycles. The molecule has 0 spiro atoms. The van der Waals surface area contributed by atoms with Gasteiger partial charge in [0.15, 0.2) is 11.5 Å². The maximum absolute atomic E-state index is 12.5. The average molecular weight is 591 g/mol. The molecule has 0 radical (unpaired) electrons. The van der Waals surface area contributed by atoms with Crippen molar-refractivity contribution < 1.29 is 18.3 Å². The van der Waals surface area contributed by atoms with E-state index in [4.69, 9.17) is 0 Å². The molecule has 0 bridgehead atoms. The lowest BCUT2D eigenvalue weighted by atomic mass is 10.1. The summed E-state index contributed by atoms with van der Waals surface area (Å²) < 4.78 is 31.4. The van der Waals surface area contributed by atoms with Crippen molar-refractivity contribution in [2.24, 2.45) is 0 Å². The summed E-state index contributed by atoms with van der Waals surface area (Å²) in [7, 11) is 0. The summed E-state index contributed by atoms with van der Waals surface area (Å²) in [5, 5.41) is 6.46. The van der Waals surface area contributed by atoms with E-state index in [-0.39, 0.29) is 11.8 Å². The molecule has 6 rings (SSSR count). The molecule has 2 aliphatic heterocycles. The van der Waals surface area contributed by atoms with Gasteiger partial charge in [-0.3, -0.25) is 9.30 Å². The van der Waals surface area contributed by atoms with Crippen LogP contribution in [0, 0.1) is 6.92 Å². The zero-order valence-corrected chi connectivity index (χ0v) is 24.2. The van der Waals surface area contributed by atoms with E-state index in [1.807, 2.05) is 21.6 Å². The van der Waals surface area contributed by atoms with Gasteiger partial charge >= 0.3 is 12.6 Å². The number of nitrogens with zero attached hydrogens (tertiary/aromatic N) is 6. The molecule has 12 heteroatoms.